The number of carboxylic acid groups (broad SMARTS) is 1. The maximum absolute atomic E-state index is 13.0. The van der Waals surface area contributed by atoms with E-state index in [0.29, 0.717) is 23.6 Å². The second-order valence-electron chi connectivity index (χ2n) is 7.46. The SMILES string of the molecule is O=C(O)COc1cccc2c1CCCC2NS(=O)(=O)c1ccc(-c2ccc(Cl)cc2)cn1. The Hall–Kier alpha value is -2.94. The van der Waals surface area contributed by atoms with Crippen molar-refractivity contribution in [2.75, 3.05) is 6.61 Å². The number of fused-ring (bicyclic) bond motifs is 1. The fraction of sp³-hybridized carbons (Fsp3) is 0.217. The third-order valence-corrected chi connectivity index (χ3v) is 6.94. The van der Waals surface area contributed by atoms with Gasteiger partial charge in [0, 0.05) is 22.8 Å². The summed E-state index contributed by atoms with van der Waals surface area (Å²) in [6, 6.07) is 15.2. The number of nitrogens with one attached hydrogen (secondary N) is 1. The Kier molecular flexibility index (Phi) is 6.45. The Balaban J connectivity index is 1.55. The predicted molar refractivity (Wildman–Crippen MR) is 120 cm³/mol. The number of ether oxygens (including phenoxy) is 1. The normalized spacial score (nSPS) is 15.7. The summed E-state index contributed by atoms with van der Waals surface area (Å²) in [5, 5.41) is 9.44. The van der Waals surface area contributed by atoms with Gasteiger partial charge in [0.05, 0.1) is 0 Å². The molecule has 1 aliphatic carbocycles. The molecule has 0 bridgehead atoms. The van der Waals surface area contributed by atoms with Gasteiger partial charge in [0.1, 0.15) is 5.75 Å². The number of hydrogen-bond acceptors (Lipinski definition) is 5. The molecule has 0 aliphatic heterocycles. The van der Waals surface area contributed by atoms with Crippen LogP contribution in [-0.4, -0.2) is 31.1 Å². The maximum atomic E-state index is 13.0. The number of aromatic nitrogens is 1. The Morgan fingerprint density at radius 3 is 2.56 bits per heavy atom. The number of carbonyl (C=O) groups is 1. The van der Waals surface area contributed by atoms with Gasteiger partial charge in [0.25, 0.3) is 10.0 Å². The van der Waals surface area contributed by atoms with Gasteiger partial charge in [-0.3, -0.25) is 0 Å². The van der Waals surface area contributed by atoms with Crippen LogP contribution in [0, 0.1) is 0 Å². The van der Waals surface area contributed by atoms with Crippen molar-refractivity contribution in [3.8, 4) is 16.9 Å². The minimum absolute atomic E-state index is 0.0689. The molecule has 166 valence electrons. The van der Waals surface area contributed by atoms with E-state index < -0.39 is 28.6 Å². The van der Waals surface area contributed by atoms with Gasteiger partial charge in [-0.15, -0.1) is 0 Å². The molecule has 9 heteroatoms. The Morgan fingerprint density at radius 1 is 1.12 bits per heavy atom. The van der Waals surface area contributed by atoms with Crippen molar-refractivity contribution in [1.82, 2.24) is 9.71 Å². The van der Waals surface area contributed by atoms with Crippen molar-refractivity contribution in [3.05, 3.63) is 76.9 Å². The number of rotatable bonds is 7. The molecule has 1 atom stereocenters. The lowest BCUT2D eigenvalue weighted by atomic mass is 9.87. The van der Waals surface area contributed by atoms with Gasteiger partial charge < -0.3 is 9.84 Å². The number of hydrogen-bond donors (Lipinski definition) is 2. The molecular formula is C23H21ClN2O5S. The van der Waals surface area contributed by atoms with Crippen molar-refractivity contribution in [1.29, 1.82) is 0 Å². The summed E-state index contributed by atoms with van der Waals surface area (Å²) in [4.78, 5) is 15.0. The van der Waals surface area contributed by atoms with E-state index in [4.69, 9.17) is 21.4 Å². The lowest BCUT2D eigenvalue weighted by molar-refractivity contribution is -0.139. The van der Waals surface area contributed by atoms with Crippen LogP contribution >= 0.6 is 11.6 Å². The third-order valence-electron chi connectivity index (χ3n) is 5.30. The number of nitrogens with zero attached hydrogens (tertiary/aromatic N) is 1. The molecule has 2 aromatic carbocycles. The van der Waals surface area contributed by atoms with Crippen molar-refractivity contribution < 1.29 is 23.1 Å². The van der Waals surface area contributed by atoms with Crippen LogP contribution < -0.4 is 9.46 Å². The van der Waals surface area contributed by atoms with Crippen LogP contribution in [0.2, 0.25) is 5.02 Å². The number of aliphatic carboxylic acids is 1. The van der Waals surface area contributed by atoms with Crippen LogP contribution in [0.15, 0.2) is 65.8 Å². The zero-order valence-electron chi connectivity index (χ0n) is 17.0. The van der Waals surface area contributed by atoms with Gasteiger partial charge >= 0.3 is 5.97 Å². The lowest BCUT2D eigenvalue weighted by Gasteiger charge is -2.27. The summed E-state index contributed by atoms with van der Waals surface area (Å²) in [6.07, 6.45) is 3.58. The first kappa shape index (κ1) is 22.3. The van der Waals surface area contributed by atoms with E-state index in [0.717, 1.165) is 28.7 Å². The van der Waals surface area contributed by atoms with E-state index in [1.54, 1.807) is 30.3 Å². The summed E-state index contributed by atoms with van der Waals surface area (Å²) in [5.74, 6) is -0.594. The molecule has 0 saturated carbocycles. The maximum Gasteiger partial charge on any atom is 0.341 e. The van der Waals surface area contributed by atoms with E-state index in [1.807, 2.05) is 18.2 Å². The van der Waals surface area contributed by atoms with E-state index in [2.05, 4.69) is 9.71 Å². The summed E-state index contributed by atoms with van der Waals surface area (Å²) >= 11 is 5.92. The van der Waals surface area contributed by atoms with Crippen molar-refractivity contribution >= 4 is 27.6 Å². The van der Waals surface area contributed by atoms with Crippen LogP contribution in [0.5, 0.6) is 5.75 Å². The van der Waals surface area contributed by atoms with E-state index in [1.165, 1.54) is 12.3 Å². The molecule has 2 N–H and O–H groups in total. The lowest BCUT2D eigenvalue weighted by Crippen LogP contribution is -2.31. The average Bonchev–Trinajstić information content (AvgIpc) is 2.78. The van der Waals surface area contributed by atoms with E-state index >= 15 is 0 Å². The summed E-state index contributed by atoms with van der Waals surface area (Å²) in [7, 11) is -3.86. The highest BCUT2D eigenvalue weighted by Gasteiger charge is 2.28. The standard InChI is InChI=1S/C23H21ClN2O5S/c24-17-10-7-15(8-11-17)16-9-12-22(25-13-16)32(29,30)26-20-5-1-4-19-18(20)3-2-6-21(19)31-14-23(27)28/h2-3,6-13,20,26H,1,4-5,14H2,(H,27,28). The second-order valence-corrected chi connectivity index (χ2v) is 9.56. The molecule has 3 aromatic rings. The molecule has 0 saturated heterocycles. The van der Waals surface area contributed by atoms with E-state index in [9.17, 15) is 13.2 Å². The fourth-order valence-electron chi connectivity index (χ4n) is 3.81. The first-order valence-electron chi connectivity index (χ1n) is 10.0. The second kappa shape index (κ2) is 9.28. The molecule has 1 aliphatic rings. The minimum Gasteiger partial charge on any atom is -0.482 e. The molecule has 0 radical (unpaired) electrons. The molecule has 7 nitrogen and oxygen atoms in total. The van der Waals surface area contributed by atoms with Gasteiger partial charge in [-0.1, -0.05) is 35.9 Å². The molecule has 1 unspecified atom stereocenters. The summed E-state index contributed by atoms with van der Waals surface area (Å²) in [6.45, 7) is -0.448. The van der Waals surface area contributed by atoms with Gasteiger partial charge in [-0.25, -0.2) is 22.9 Å². The van der Waals surface area contributed by atoms with Gasteiger partial charge in [0.2, 0.25) is 0 Å². The highest BCUT2D eigenvalue weighted by Crippen LogP contribution is 2.36. The highest BCUT2D eigenvalue weighted by molar-refractivity contribution is 7.89. The Bertz CT molecular complexity index is 1230. The van der Waals surface area contributed by atoms with E-state index in [-0.39, 0.29) is 5.03 Å². The number of sulfonamides is 1. The fourth-order valence-corrected chi connectivity index (χ4v) is 5.12. The number of benzene rings is 2. The highest BCUT2D eigenvalue weighted by atomic mass is 35.5. The number of halogens is 1. The summed E-state index contributed by atoms with van der Waals surface area (Å²) in [5.41, 5.74) is 3.29. The van der Waals surface area contributed by atoms with Crippen LogP contribution in [0.4, 0.5) is 0 Å². The van der Waals surface area contributed by atoms with Crippen molar-refractivity contribution in [3.63, 3.8) is 0 Å². The van der Waals surface area contributed by atoms with Crippen molar-refractivity contribution in [2.45, 2.75) is 30.3 Å². The van der Waals surface area contributed by atoms with Crippen molar-refractivity contribution in [2.24, 2.45) is 0 Å². The Labute approximate surface area is 191 Å². The molecule has 32 heavy (non-hydrogen) atoms. The number of carboxylic acids is 1. The van der Waals surface area contributed by atoms with Crippen LogP contribution in [-0.2, 0) is 21.2 Å². The first-order valence-corrected chi connectivity index (χ1v) is 11.9. The first-order chi connectivity index (χ1) is 15.3. The summed E-state index contributed by atoms with van der Waals surface area (Å²) < 4.78 is 34.1. The average molecular weight is 473 g/mol. The molecule has 0 fully saturated rings. The quantitative estimate of drug-likeness (QED) is 0.533. The van der Waals surface area contributed by atoms with Crippen LogP contribution in [0.25, 0.3) is 11.1 Å². The molecular weight excluding hydrogens is 452 g/mol. The number of pyridine rings is 1. The van der Waals surface area contributed by atoms with Crippen LogP contribution in [0.1, 0.15) is 30.0 Å². The Morgan fingerprint density at radius 2 is 1.88 bits per heavy atom. The van der Waals surface area contributed by atoms with Gasteiger partial charge in [-0.05, 0) is 66.3 Å². The van der Waals surface area contributed by atoms with Gasteiger partial charge in [-0.2, -0.15) is 0 Å². The van der Waals surface area contributed by atoms with Gasteiger partial charge in [0.15, 0.2) is 11.6 Å². The smallest absolute Gasteiger partial charge is 0.341 e. The zero-order chi connectivity index (χ0) is 22.7. The minimum atomic E-state index is -3.86. The third kappa shape index (κ3) is 4.93. The monoisotopic (exact) mass is 472 g/mol. The molecule has 0 amide bonds. The molecule has 0 spiro atoms. The zero-order valence-corrected chi connectivity index (χ0v) is 18.6. The molecule has 4 rings (SSSR count). The predicted octanol–water partition coefficient (Wildman–Crippen LogP) is 4.22. The molecule has 1 heterocycles. The topological polar surface area (TPSA) is 106 Å². The molecule has 1 aromatic heterocycles. The largest absolute Gasteiger partial charge is 0.482 e. The van der Waals surface area contributed by atoms with Crippen LogP contribution in [0.3, 0.4) is 0 Å².